The molecule has 0 bridgehead atoms. The molecule has 1 rings (SSSR count). The Labute approximate surface area is 140 Å². The topological polar surface area (TPSA) is 64.4 Å². The second kappa shape index (κ2) is 12.4. The molecule has 0 aliphatic carbocycles. The minimum atomic E-state index is -0.399. The van der Waals surface area contributed by atoms with E-state index < -0.39 is 6.04 Å². The van der Waals surface area contributed by atoms with Crippen molar-refractivity contribution < 1.29 is 9.53 Å². The molecule has 0 aliphatic heterocycles. The van der Waals surface area contributed by atoms with Crippen LogP contribution in [0.4, 0.5) is 0 Å². The van der Waals surface area contributed by atoms with Crippen LogP contribution in [0.25, 0.3) is 0 Å². The largest absolute Gasteiger partial charge is 0.377 e. The van der Waals surface area contributed by atoms with Crippen molar-refractivity contribution in [2.75, 3.05) is 13.2 Å². The monoisotopic (exact) mass is 328 g/mol. The maximum Gasteiger partial charge on any atom is 0.237 e. The van der Waals surface area contributed by atoms with Gasteiger partial charge in [0.1, 0.15) is 0 Å². The molecule has 0 heterocycles. The molecule has 0 fully saturated rings. The number of carbonyl (C=O) groups excluding carboxylic acids is 1. The van der Waals surface area contributed by atoms with Gasteiger partial charge in [0.25, 0.3) is 0 Å². The van der Waals surface area contributed by atoms with Crippen LogP contribution in [0.5, 0.6) is 0 Å². The van der Waals surface area contributed by atoms with Gasteiger partial charge in [-0.25, -0.2) is 0 Å². The van der Waals surface area contributed by atoms with Crippen LogP contribution in [-0.2, 0) is 16.1 Å². The van der Waals surface area contributed by atoms with E-state index in [1.807, 2.05) is 32.0 Å². The zero-order valence-electron chi connectivity index (χ0n) is 13.6. The third kappa shape index (κ3) is 8.37. The van der Waals surface area contributed by atoms with Gasteiger partial charge in [0.2, 0.25) is 5.91 Å². The number of unbranched alkanes of at least 4 members (excludes halogenated alkanes) is 1. The van der Waals surface area contributed by atoms with Gasteiger partial charge in [-0.2, -0.15) is 0 Å². The first-order valence-corrected chi connectivity index (χ1v) is 7.80. The van der Waals surface area contributed by atoms with E-state index in [1.54, 1.807) is 0 Å². The number of halogens is 1. The normalized spacial score (nSPS) is 13.0. The third-order valence-electron chi connectivity index (χ3n) is 3.69. The fraction of sp³-hybridized carbons (Fsp3) is 0.588. The highest BCUT2D eigenvalue weighted by Gasteiger charge is 2.18. The van der Waals surface area contributed by atoms with Gasteiger partial charge >= 0.3 is 0 Å². The van der Waals surface area contributed by atoms with Gasteiger partial charge in [0.05, 0.1) is 12.6 Å². The highest BCUT2D eigenvalue weighted by atomic mass is 35.5. The highest BCUT2D eigenvalue weighted by Crippen LogP contribution is 2.05. The number of rotatable bonds is 10. The van der Waals surface area contributed by atoms with Gasteiger partial charge in [-0.3, -0.25) is 4.79 Å². The van der Waals surface area contributed by atoms with Gasteiger partial charge in [0, 0.05) is 13.2 Å². The molecule has 5 heteroatoms. The molecular formula is C17H29ClN2O2. The van der Waals surface area contributed by atoms with Crippen LogP contribution >= 0.6 is 12.4 Å². The lowest BCUT2D eigenvalue weighted by atomic mass is 9.99. The molecule has 2 atom stereocenters. The van der Waals surface area contributed by atoms with Crippen molar-refractivity contribution in [3.63, 3.8) is 0 Å². The molecular weight excluding hydrogens is 300 g/mol. The van der Waals surface area contributed by atoms with Crippen LogP contribution in [0.2, 0.25) is 0 Å². The summed E-state index contributed by atoms with van der Waals surface area (Å²) in [5.41, 5.74) is 7.05. The number of hydrogen-bond donors (Lipinski definition) is 2. The lowest BCUT2D eigenvalue weighted by Gasteiger charge is -2.17. The number of amides is 1. The summed E-state index contributed by atoms with van der Waals surface area (Å²) >= 11 is 0. The van der Waals surface area contributed by atoms with Crippen molar-refractivity contribution in [1.82, 2.24) is 5.32 Å². The van der Waals surface area contributed by atoms with Crippen molar-refractivity contribution in [3.8, 4) is 0 Å². The highest BCUT2D eigenvalue weighted by molar-refractivity contribution is 5.85. The zero-order valence-corrected chi connectivity index (χ0v) is 14.4. The van der Waals surface area contributed by atoms with Gasteiger partial charge in [-0.15, -0.1) is 12.4 Å². The number of nitrogens with one attached hydrogen (secondary N) is 1. The molecule has 1 amide bonds. The Morgan fingerprint density at radius 1 is 1.27 bits per heavy atom. The average Bonchev–Trinajstić information content (AvgIpc) is 2.53. The Morgan fingerprint density at radius 3 is 2.59 bits per heavy atom. The maximum atomic E-state index is 11.7. The molecule has 4 nitrogen and oxygen atoms in total. The van der Waals surface area contributed by atoms with Gasteiger partial charge < -0.3 is 15.8 Å². The molecule has 0 aliphatic rings. The quantitative estimate of drug-likeness (QED) is 0.649. The molecule has 1 aromatic carbocycles. The summed E-state index contributed by atoms with van der Waals surface area (Å²) in [4.78, 5) is 11.7. The Morgan fingerprint density at radius 2 is 1.95 bits per heavy atom. The van der Waals surface area contributed by atoms with Gasteiger partial charge in [-0.1, -0.05) is 50.6 Å². The minimum Gasteiger partial charge on any atom is -0.377 e. The van der Waals surface area contributed by atoms with E-state index in [0.717, 1.165) is 19.3 Å². The SMILES string of the molecule is CCC(C)C(N)C(=O)NCCCCOCc1ccccc1.Cl. The minimum absolute atomic E-state index is 0. The van der Waals surface area contributed by atoms with Crippen LogP contribution < -0.4 is 11.1 Å². The summed E-state index contributed by atoms with van der Waals surface area (Å²) in [6.45, 7) is 6.06. The first kappa shape index (κ1) is 20.9. The summed E-state index contributed by atoms with van der Waals surface area (Å²) in [6.07, 6.45) is 2.77. The van der Waals surface area contributed by atoms with E-state index in [4.69, 9.17) is 10.5 Å². The molecule has 0 radical (unpaired) electrons. The summed E-state index contributed by atoms with van der Waals surface area (Å²) < 4.78 is 5.59. The summed E-state index contributed by atoms with van der Waals surface area (Å²) in [5.74, 6) is 0.175. The Kier molecular flexibility index (Phi) is 11.8. The smallest absolute Gasteiger partial charge is 0.237 e. The van der Waals surface area contributed by atoms with Crippen molar-refractivity contribution in [1.29, 1.82) is 0 Å². The molecule has 0 aromatic heterocycles. The third-order valence-corrected chi connectivity index (χ3v) is 3.69. The number of benzene rings is 1. The Hall–Kier alpha value is -1.10. The molecule has 3 N–H and O–H groups in total. The number of carbonyl (C=O) groups is 1. The number of hydrogen-bond acceptors (Lipinski definition) is 3. The molecule has 22 heavy (non-hydrogen) atoms. The Bertz CT molecular complexity index is 401. The molecule has 0 saturated carbocycles. The van der Waals surface area contributed by atoms with Crippen LogP contribution in [-0.4, -0.2) is 25.1 Å². The predicted octanol–water partition coefficient (Wildman–Crippen LogP) is 2.89. The van der Waals surface area contributed by atoms with Crippen LogP contribution in [0.15, 0.2) is 30.3 Å². The maximum absolute atomic E-state index is 11.7. The Balaban J connectivity index is 0.00000441. The summed E-state index contributed by atoms with van der Waals surface area (Å²) in [7, 11) is 0. The van der Waals surface area contributed by atoms with Crippen LogP contribution in [0.1, 0.15) is 38.7 Å². The van der Waals surface area contributed by atoms with E-state index in [0.29, 0.717) is 19.8 Å². The lowest BCUT2D eigenvalue weighted by Crippen LogP contribution is -2.44. The molecule has 126 valence electrons. The van der Waals surface area contributed by atoms with Gasteiger partial charge in [-0.05, 0) is 24.3 Å². The van der Waals surface area contributed by atoms with E-state index >= 15 is 0 Å². The van der Waals surface area contributed by atoms with E-state index in [2.05, 4.69) is 17.4 Å². The van der Waals surface area contributed by atoms with Gasteiger partial charge in [0.15, 0.2) is 0 Å². The van der Waals surface area contributed by atoms with Crippen LogP contribution in [0.3, 0.4) is 0 Å². The first-order valence-electron chi connectivity index (χ1n) is 7.80. The average molecular weight is 329 g/mol. The second-order valence-corrected chi connectivity index (χ2v) is 5.45. The van der Waals surface area contributed by atoms with E-state index in [1.165, 1.54) is 5.56 Å². The van der Waals surface area contributed by atoms with E-state index in [-0.39, 0.29) is 24.2 Å². The standard InChI is InChI=1S/C17H28N2O2.ClH/c1-3-14(2)16(18)17(20)19-11-7-8-12-21-13-15-9-5-4-6-10-15;/h4-6,9-10,14,16H,3,7-8,11-13,18H2,1-2H3,(H,19,20);1H. The van der Waals surface area contributed by atoms with Crippen molar-refractivity contribution in [3.05, 3.63) is 35.9 Å². The zero-order chi connectivity index (χ0) is 15.5. The molecule has 0 saturated heterocycles. The molecule has 0 spiro atoms. The lowest BCUT2D eigenvalue weighted by molar-refractivity contribution is -0.123. The fourth-order valence-corrected chi connectivity index (χ4v) is 1.94. The number of nitrogens with two attached hydrogens (primary N) is 1. The fourth-order valence-electron chi connectivity index (χ4n) is 1.94. The predicted molar refractivity (Wildman–Crippen MR) is 93.0 cm³/mol. The van der Waals surface area contributed by atoms with Crippen molar-refractivity contribution >= 4 is 18.3 Å². The number of ether oxygens (including phenoxy) is 1. The molecule has 1 aromatic rings. The summed E-state index contributed by atoms with van der Waals surface area (Å²) in [5, 5.41) is 2.89. The van der Waals surface area contributed by atoms with E-state index in [9.17, 15) is 4.79 Å². The second-order valence-electron chi connectivity index (χ2n) is 5.45. The van der Waals surface area contributed by atoms with Crippen molar-refractivity contribution in [2.45, 2.75) is 45.8 Å². The molecule has 2 unspecified atom stereocenters. The van der Waals surface area contributed by atoms with Crippen molar-refractivity contribution in [2.24, 2.45) is 11.7 Å². The first-order chi connectivity index (χ1) is 10.1. The summed E-state index contributed by atoms with van der Waals surface area (Å²) in [6, 6.07) is 9.72. The van der Waals surface area contributed by atoms with Crippen LogP contribution in [0, 0.1) is 5.92 Å².